The van der Waals surface area contributed by atoms with Gasteiger partial charge in [-0.25, -0.2) is 24.2 Å². The number of hydrogen-bond donors (Lipinski definition) is 0. The molecule has 0 aliphatic carbocycles. The lowest BCUT2D eigenvalue weighted by molar-refractivity contribution is -0.137. The number of benzene rings is 1. The van der Waals surface area contributed by atoms with Gasteiger partial charge in [-0.1, -0.05) is 12.1 Å². The van der Waals surface area contributed by atoms with Crippen LogP contribution in [0.15, 0.2) is 39.7 Å². The summed E-state index contributed by atoms with van der Waals surface area (Å²) >= 11 is 0. The number of fused-ring (bicyclic) bond motifs is 3. The summed E-state index contributed by atoms with van der Waals surface area (Å²) < 4.78 is 58.2. The number of nitrogens with zero attached hydrogens (tertiary/aromatic N) is 4. The molecule has 1 aliphatic rings. The maximum absolute atomic E-state index is 13.5. The molecular weight excluding hydrogens is 533 g/mol. The van der Waals surface area contributed by atoms with Gasteiger partial charge in [0.25, 0.3) is 5.56 Å². The van der Waals surface area contributed by atoms with Crippen molar-refractivity contribution in [3.63, 3.8) is 0 Å². The molecule has 0 saturated heterocycles. The smallest absolute Gasteiger partial charge is 0.416 e. The Hall–Kier alpha value is -4.42. The highest BCUT2D eigenvalue weighted by Crippen LogP contribution is 2.34. The van der Waals surface area contributed by atoms with Crippen LogP contribution in [0.25, 0.3) is 22.5 Å². The zero-order valence-electron chi connectivity index (χ0n) is 21.7. The first-order valence-corrected chi connectivity index (χ1v) is 12.8. The highest BCUT2D eigenvalue weighted by molar-refractivity contribution is 6.06. The van der Waals surface area contributed by atoms with Crippen molar-refractivity contribution in [2.24, 2.45) is 0 Å². The molecule has 1 aliphatic heterocycles. The van der Waals surface area contributed by atoms with E-state index in [0.29, 0.717) is 30.7 Å². The van der Waals surface area contributed by atoms with Gasteiger partial charge in [0, 0.05) is 13.1 Å². The zero-order valence-corrected chi connectivity index (χ0v) is 21.7. The van der Waals surface area contributed by atoms with E-state index in [9.17, 15) is 27.6 Å². The molecule has 5 rings (SSSR count). The Morgan fingerprint density at radius 1 is 0.975 bits per heavy atom. The molecule has 0 unspecified atom stereocenters. The Morgan fingerprint density at radius 2 is 1.65 bits per heavy atom. The molecule has 0 amide bonds. The lowest BCUT2D eigenvalue weighted by atomic mass is 9.98. The molecule has 4 aromatic rings. The number of hydrogen-bond acceptors (Lipinski definition) is 8. The molecular formula is C27H25F3N4O6. The van der Waals surface area contributed by atoms with E-state index in [1.54, 1.807) is 18.5 Å². The first-order valence-electron chi connectivity index (χ1n) is 12.8. The SMILES string of the molecule is CCOC(=O)c1coc(-c2c(C(=O)OCC)c(CCc3ccc(C(F)(F)F)cc3)nc3c2c(=O)n2n3CCC2)n1. The average molecular weight is 559 g/mol. The van der Waals surface area contributed by atoms with Crippen LogP contribution in [-0.4, -0.2) is 44.5 Å². The number of rotatable bonds is 8. The fourth-order valence-corrected chi connectivity index (χ4v) is 4.81. The third-order valence-corrected chi connectivity index (χ3v) is 6.59. The quantitative estimate of drug-likeness (QED) is 0.292. The van der Waals surface area contributed by atoms with Crippen LogP contribution in [0.2, 0.25) is 0 Å². The predicted molar refractivity (Wildman–Crippen MR) is 135 cm³/mol. The lowest BCUT2D eigenvalue weighted by Crippen LogP contribution is -2.17. The molecule has 0 saturated carbocycles. The fraction of sp³-hybridized carbons (Fsp3) is 0.370. The highest BCUT2D eigenvalue weighted by atomic mass is 19.4. The predicted octanol–water partition coefficient (Wildman–Crippen LogP) is 4.41. The lowest BCUT2D eigenvalue weighted by Gasteiger charge is -2.14. The van der Waals surface area contributed by atoms with Crippen molar-refractivity contribution in [1.29, 1.82) is 0 Å². The van der Waals surface area contributed by atoms with Gasteiger partial charge in [0.15, 0.2) is 11.3 Å². The molecule has 0 N–H and O–H groups in total. The summed E-state index contributed by atoms with van der Waals surface area (Å²) in [6.07, 6.45) is -2.29. The summed E-state index contributed by atoms with van der Waals surface area (Å²) in [6.45, 7) is 4.36. The van der Waals surface area contributed by atoms with Crippen LogP contribution >= 0.6 is 0 Å². The molecule has 4 heterocycles. The Bertz CT molecular complexity index is 1650. The van der Waals surface area contributed by atoms with Crippen molar-refractivity contribution >= 4 is 23.0 Å². The molecule has 40 heavy (non-hydrogen) atoms. The van der Waals surface area contributed by atoms with Gasteiger partial charge < -0.3 is 13.9 Å². The first kappa shape index (κ1) is 27.2. The number of aryl methyl sites for hydroxylation is 3. The number of alkyl halides is 3. The number of pyridine rings is 1. The summed E-state index contributed by atoms with van der Waals surface area (Å²) in [7, 11) is 0. The van der Waals surface area contributed by atoms with E-state index in [1.807, 2.05) is 0 Å². The van der Waals surface area contributed by atoms with E-state index >= 15 is 0 Å². The van der Waals surface area contributed by atoms with E-state index in [-0.39, 0.29) is 59.8 Å². The molecule has 0 atom stereocenters. The summed E-state index contributed by atoms with van der Waals surface area (Å²) in [5.41, 5.74) is -0.170. The van der Waals surface area contributed by atoms with Gasteiger partial charge in [0.1, 0.15) is 6.26 Å². The molecule has 13 heteroatoms. The second-order valence-corrected chi connectivity index (χ2v) is 9.09. The average Bonchev–Trinajstić information content (AvgIpc) is 3.65. The monoisotopic (exact) mass is 558 g/mol. The number of carbonyl (C=O) groups is 2. The molecule has 0 radical (unpaired) electrons. The van der Waals surface area contributed by atoms with Crippen LogP contribution in [-0.2, 0) is 41.6 Å². The number of ether oxygens (including phenoxy) is 2. The minimum Gasteiger partial charge on any atom is -0.462 e. The van der Waals surface area contributed by atoms with E-state index < -0.39 is 29.2 Å². The van der Waals surface area contributed by atoms with E-state index in [4.69, 9.17) is 18.9 Å². The normalized spacial score (nSPS) is 13.0. The van der Waals surface area contributed by atoms with Crippen LogP contribution in [0.1, 0.15) is 57.9 Å². The number of halogens is 3. The third kappa shape index (κ3) is 4.87. The van der Waals surface area contributed by atoms with Gasteiger partial charge in [-0.05, 0) is 50.8 Å². The van der Waals surface area contributed by atoms with Crippen molar-refractivity contribution < 1.29 is 36.7 Å². The number of carbonyl (C=O) groups excluding carboxylic acids is 2. The van der Waals surface area contributed by atoms with Crippen LogP contribution < -0.4 is 5.56 Å². The van der Waals surface area contributed by atoms with Gasteiger partial charge >= 0.3 is 18.1 Å². The maximum Gasteiger partial charge on any atom is 0.416 e. The van der Waals surface area contributed by atoms with Gasteiger partial charge in [-0.2, -0.15) is 13.2 Å². The Morgan fingerprint density at radius 3 is 2.33 bits per heavy atom. The van der Waals surface area contributed by atoms with Crippen molar-refractivity contribution in [2.45, 2.75) is 52.4 Å². The Labute approximate surface area is 225 Å². The molecule has 3 aromatic heterocycles. The molecule has 210 valence electrons. The fourth-order valence-electron chi connectivity index (χ4n) is 4.81. The summed E-state index contributed by atoms with van der Waals surface area (Å²) in [5, 5.41) is 0.0956. The van der Waals surface area contributed by atoms with E-state index in [2.05, 4.69) is 4.98 Å². The van der Waals surface area contributed by atoms with Crippen LogP contribution in [0.3, 0.4) is 0 Å². The molecule has 0 fully saturated rings. The van der Waals surface area contributed by atoms with Crippen molar-refractivity contribution in [3.05, 3.63) is 69.0 Å². The van der Waals surface area contributed by atoms with E-state index in [0.717, 1.165) is 18.4 Å². The van der Waals surface area contributed by atoms with Crippen molar-refractivity contribution in [1.82, 2.24) is 19.3 Å². The molecule has 10 nitrogen and oxygen atoms in total. The van der Waals surface area contributed by atoms with Crippen molar-refractivity contribution in [3.8, 4) is 11.5 Å². The summed E-state index contributed by atoms with van der Waals surface area (Å²) in [6, 6.07) is 4.72. The topological polar surface area (TPSA) is 118 Å². The minimum atomic E-state index is -4.46. The van der Waals surface area contributed by atoms with Gasteiger partial charge in [0.2, 0.25) is 5.89 Å². The highest BCUT2D eigenvalue weighted by Gasteiger charge is 2.33. The van der Waals surface area contributed by atoms with Gasteiger partial charge in [0.05, 0.1) is 41.0 Å². The number of esters is 2. The second-order valence-electron chi connectivity index (χ2n) is 9.09. The van der Waals surface area contributed by atoms with Gasteiger partial charge in [-0.3, -0.25) is 9.48 Å². The van der Waals surface area contributed by atoms with Crippen LogP contribution in [0.5, 0.6) is 0 Å². The largest absolute Gasteiger partial charge is 0.462 e. The third-order valence-electron chi connectivity index (χ3n) is 6.59. The van der Waals surface area contributed by atoms with Gasteiger partial charge in [-0.15, -0.1) is 0 Å². The minimum absolute atomic E-state index is 0.0273. The van der Waals surface area contributed by atoms with Crippen LogP contribution in [0.4, 0.5) is 13.2 Å². The summed E-state index contributed by atoms with van der Waals surface area (Å²) in [4.78, 5) is 48.0. The standard InChI is InChI=1S/C27H25F3N4O6/c1-3-38-25(36)18-14-40-23(32-18)20-19(26(37)39-4-2)17(11-8-15-6-9-16(10-7-15)27(28,29)30)31-22-21(20)24(35)34-13-5-12-33(22)34/h6-7,9-10,14H,3-5,8,11-13H2,1-2H3. The zero-order chi connectivity index (χ0) is 28.6. The van der Waals surface area contributed by atoms with Crippen LogP contribution in [0, 0.1) is 0 Å². The first-order chi connectivity index (χ1) is 19.1. The van der Waals surface area contributed by atoms with E-state index in [1.165, 1.54) is 16.8 Å². The van der Waals surface area contributed by atoms with Crippen molar-refractivity contribution in [2.75, 3.05) is 13.2 Å². The number of oxazole rings is 1. The molecule has 1 aromatic carbocycles. The molecule has 0 bridgehead atoms. The second kappa shape index (κ2) is 10.6. The molecule has 0 spiro atoms. The number of aromatic nitrogens is 4. The maximum atomic E-state index is 13.5. The summed E-state index contributed by atoms with van der Waals surface area (Å²) in [5.74, 6) is -1.67. The Kier molecular flexibility index (Phi) is 7.21. The Balaban J connectivity index is 1.67.